The highest BCUT2D eigenvalue weighted by molar-refractivity contribution is 5.29. The van der Waals surface area contributed by atoms with E-state index in [0.717, 1.165) is 25.3 Å². The van der Waals surface area contributed by atoms with Crippen molar-refractivity contribution < 1.29 is 4.74 Å². The second-order valence-corrected chi connectivity index (χ2v) is 4.83. The molecule has 0 atom stereocenters. The topological polar surface area (TPSA) is 34.2 Å². The Morgan fingerprint density at radius 3 is 2.71 bits per heavy atom. The van der Waals surface area contributed by atoms with Crippen molar-refractivity contribution in [2.24, 2.45) is 0 Å². The second kappa shape index (κ2) is 6.60. The largest absolute Gasteiger partial charge is 0.492 e. The van der Waals surface area contributed by atoms with Gasteiger partial charge in [-0.1, -0.05) is 20.8 Å². The monoisotopic (exact) mass is 236 g/mol. The third kappa shape index (κ3) is 4.35. The summed E-state index contributed by atoms with van der Waals surface area (Å²) in [7, 11) is 0. The minimum Gasteiger partial charge on any atom is -0.492 e. The molecule has 0 saturated carbocycles. The molecular formula is C14H24N2O. The number of pyridine rings is 1. The fourth-order valence-corrected chi connectivity index (χ4v) is 1.76. The number of hydrogen-bond acceptors (Lipinski definition) is 3. The maximum absolute atomic E-state index is 5.49. The number of nitrogens with one attached hydrogen (secondary N) is 1. The highest BCUT2D eigenvalue weighted by Gasteiger charge is 2.20. The van der Waals surface area contributed by atoms with Crippen LogP contribution in [0.2, 0.25) is 0 Å². The van der Waals surface area contributed by atoms with Crippen molar-refractivity contribution in [1.82, 2.24) is 10.3 Å². The Balaban J connectivity index is 2.71. The molecule has 3 heteroatoms. The van der Waals surface area contributed by atoms with E-state index in [2.05, 4.69) is 37.1 Å². The number of ether oxygens (including phenoxy) is 1. The predicted octanol–water partition coefficient (Wildman–Crippen LogP) is 2.76. The first-order chi connectivity index (χ1) is 8.10. The summed E-state index contributed by atoms with van der Waals surface area (Å²) in [5.74, 6) is 0.863. The van der Waals surface area contributed by atoms with Gasteiger partial charge in [0.05, 0.1) is 12.8 Å². The number of rotatable bonds is 7. The van der Waals surface area contributed by atoms with Crippen molar-refractivity contribution in [2.75, 3.05) is 19.7 Å². The molecule has 1 N–H and O–H groups in total. The molecule has 0 aliphatic rings. The van der Waals surface area contributed by atoms with Crippen molar-refractivity contribution in [3.63, 3.8) is 0 Å². The van der Waals surface area contributed by atoms with Crippen LogP contribution in [0, 0.1) is 0 Å². The predicted molar refractivity (Wildman–Crippen MR) is 71.6 cm³/mol. The molecule has 0 fully saturated rings. The van der Waals surface area contributed by atoms with E-state index in [9.17, 15) is 0 Å². The molecule has 96 valence electrons. The van der Waals surface area contributed by atoms with Crippen LogP contribution in [0.15, 0.2) is 18.5 Å². The van der Waals surface area contributed by atoms with E-state index >= 15 is 0 Å². The van der Waals surface area contributed by atoms with Gasteiger partial charge in [0.15, 0.2) is 0 Å². The summed E-state index contributed by atoms with van der Waals surface area (Å²) in [6.07, 6.45) is 4.81. The standard InChI is InChI=1S/C14H24N2O/c1-5-15-8-7-14(3,4)12-9-13(17-6-2)11-16-10-12/h9-11,15H,5-8H2,1-4H3. The molecule has 1 heterocycles. The van der Waals surface area contributed by atoms with Gasteiger partial charge in [0.2, 0.25) is 0 Å². The van der Waals surface area contributed by atoms with Crippen LogP contribution in [0.1, 0.15) is 39.7 Å². The van der Waals surface area contributed by atoms with Gasteiger partial charge in [-0.2, -0.15) is 0 Å². The van der Waals surface area contributed by atoms with Crippen LogP contribution < -0.4 is 10.1 Å². The molecule has 1 aromatic rings. The number of nitrogens with zero attached hydrogens (tertiary/aromatic N) is 1. The van der Waals surface area contributed by atoms with Gasteiger partial charge in [0, 0.05) is 6.20 Å². The van der Waals surface area contributed by atoms with E-state index in [1.165, 1.54) is 5.56 Å². The second-order valence-electron chi connectivity index (χ2n) is 4.83. The van der Waals surface area contributed by atoms with Crippen molar-refractivity contribution >= 4 is 0 Å². The van der Waals surface area contributed by atoms with E-state index in [1.54, 1.807) is 6.20 Å². The van der Waals surface area contributed by atoms with Gasteiger partial charge in [-0.15, -0.1) is 0 Å². The zero-order valence-corrected chi connectivity index (χ0v) is 11.4. The summed E-state index contributed by atoms with van der Waals surface area (Å²) in [6, 6.07) is 2.10. The quantitative estimate of drug-likeness (QED) is 0.739. The lowest BCUT2D eigenvalue weighted by atomic mass is 9.82. The van der Waals surface area contributed by atoms with Gasteiger partial charge in [-0.25, -0.2) is 0 Å². The van der Waals surface area contributed by atoms with Crippen molar-refractivity contribution in [1.29, 1.82) is 0 Å². The molecule has 1 rings (SSSR count). The Labute approximate surface area is 105 Å². The Morgan fingerprint density at radius 1 is 1.29 bits per heavy atom. The van der Waals surface area contributed by atoms with E-state index in [4.69, 9.17) is 4.74 Å². The lowest BCUT2D eigenvalue weighted by molar-refractivity contribution is 0.336. The fourth-order valence-electron chi connectivity index (χ4n) is 1.76. The van der Waals surface area contributed by atoms with E-state index in [1.807, 2.05) is 13.1 Å². The first-order valence-electron chi connectivity index (χ1n) is 6.39. The maximum Gasteiger partial charge on any atom is 0.137 e. The van der Waals surface area contributed by atoms with Crippen molar-refractivity contribution in [3.8, 4) is 5.75 Å². The molecule has 17 heavy (non-hydrogen) atoms. The fraction of sp³-hybridized carbons (Fsp3) is 0.643. The first-order valence-corrected chi connectivity index (χ1v) is 6.39. The summed E-state index contributed by atoms with van der Waals surface area (Å²) in [5.41, 5.74) is 1.36. The van der Waals surface area contributed by atoms with Crippen LogP contribution in [-0.2, 0) is 5.41 Å². The smallest absolute Gasteiger partial charge is 0.137 e. The molecule has 0 radical (unpaired) electrons. The summed E-state index contributed by atoms with van der Waals surface area (Å²) in [6.45, 7) is 11.3. The van der Waals surface area contributed by atoms with Gasteiger partial charge in [-0.05, 0) is 43.5 Å². The lowest BCUT2D eigenvalue weighted by Gasteiger charge is -2.25. The molecular weight excluding hydrogens is 212 g/mol. The molecule has 0 aliphatic carbocycles. The van der Waals surface area contributed by atoms with Crippen LogP contribution in [-0.4, -0.2) is 24.7 Å². The Kier molecular flexibility index (Phi) is 5.42. The van der Waals surface area contributed by atoms with E-state index < -0.39 is 0 Å². The molecule has 0 bridgehead atoms. The summed E-state index contributed by atoms with van der Waals surface area (Å²) in [4.78, 5) is 4.25. The number of aromatic nitrogens is 1. The lowest BCUT2D eigenvalue weighted by Crippen LogP contribution is -2.25. The summed E-state index contributed by atoms with van der Waals surface area (Å²) in [5, 5.41) is 3.36. The van der Waals surface area contributed by atoms with Gasteiger partial charge < -0.3 is 10.1 Å². The van der Waals surface area contributed by atoms with Gasteiger partial charge >= 0.3 is 0 Å². The normalized spacial score (nSPS) is 11.5. The molecule has 0 aromatic carbocycles. The Bertz CT molecular complexity index is 337. The Morgan fingerprint density at radius 2 is 2.06 bits per heavy atom. The minimum absolute atomic E-state index is 0.127. The van der Waals surface area contributed by atoms with Crippen LogP contribution >= 0.6 is 0 Å². The van der Waals surface area contributed by atoms with E-state index in [-0.39, 0.29) is 5.41 Å². The minimum atomic E-state index is 0.127. The average molecular weight is 236 g/mol. The van der Waals surface area contributed by atoms with Crippen molar-refractivity contribution in [2.45, 2.75) is 39.5 Å². The third-order valence-electron chi connectivity index (χ3n) is 2.98. The third-order valence-corrected chi connectivity index (χ3v) is 2.98. The number of hydrogen-bond donors (Lipinski definition) is 1. The summed E-state index contributed by atoms with van der Waals surface area (Å²) >= 11 is 0. The molecule has 0 saturated heterocycles. The van der Waals surface area contributed by atoms with Gasteiger partial charge in [0.1, 0.15) is 5.75 Å². The molecule has 3 nitrogen and oxygen atoms in total. The average Bonchev–Trinajstić information content (AvgIpc) is 2.30. The van der Waals surface area contributed by atoms with Crippen LogP contribution in [0.3, 0.4) is 0 Å². The highest BCUT2D eigenvalue weighted by Crippen LogP contribution is 2.28. The van der Waals surface area contributed by atoms with Gasteiger partial charge in [0.25, 0.3) is 0 Å². The zero-order chi connectivity index (χ0) is 12.7. The zero-order valence-electron chi connectivity index (χ0n) is 11.4. The van der Waals surface area contributed by atoms with Crippen LogP contribution in [0.25, 0.3) is 0 Å². The first kappa shape index (κ1) is 14.0. The molecule has 0 unspecified atom stereocenters. The van der Waals surface area contributed by atoms with E-state index in [0.29, 0.717) is 6.61 Å². The molecule has 0 aliphatic heterocycles. The maximum atomic E-state index is 5.49. The molecule has 1 aromatic heterocycles. The summed E-state index contributed by atoms with van der Waals surface area (Å²) < 4.78 is 5.49. The SMILES string of the molecule is CCNCCC(C)(C)c1cncc(OCC)c1. The Hall–Kier alpha value is -1.09. The molecule has 0 spiro atoms. The van der Waals surface area contributed by atoms with Crippen LogP contribution in [0.4, 0.5) is 0 Å². The van der Waals surface area contributed by atoms with Gasteiger partial charge in [-0.3, -0.25) is 4.98 Å². The molecule has 0 amide bonds. The van der Waals surface area contributed by atoms with Crippen molar-refractivity contribution in [3.05, 3.63) is 24.0 Å². The van der Waals surface area contributed by atoms with Crippen LogP contribution in [0.5, 0.6) is 5.75 Å². The highest BCUT2D eigenvalue weighted by atomic mass is 16.5.